The third-order valence-corrected chi connectivity index (χ3v) is 5.03. The number of hydrogen-bond donors (Lipinski definition) is 2. The van der Waals surface area contributed by atoms with Crippen molar-refractivity contribution in [3.8, 4) is 0 Å². The smallest absolute Gasteiger partial charge is 0.387 e. The van der Waals surface area contributed by atoms with Crippen molar-refractivity contribution in [2.24, 2.45) is 0 Å². The molecule has 26 heavy (non-hydrogen) atoms. The number of benzene rings is 2. The molecule has 3 rings (SSSR count). The third-order valence-electron chi connectivity index (χ3n) is 5.03. The van der Waals surface area contributed by atoms with Crippen molar-refractivity contribution in [3.63, 3.8) is 0 Å². The summed E-state index contributed by atoms with van der Waals surface area (Å²) >= 11 is 0. The van der Waals surface area contributed by atoms with Gasteiger partial charge in [-0.15, -0.1) is 0 Å². The van der Waals surface area contributed by atoms with E-state index in [1.807, 2.05) is 35.2 Å². The fraction of sp³-hybridized carbons (Fsp3) is 0.400. The Kier molecular flexibility index (Phi) is 5.37. The van der Waals surface area contributed by atoms with E-state index in [9.17, 15) is 23.4 Å². The third kappa shape index (κ3) is 4.26. The molecule has 0 saturated carbocycles. The second kappa shape index (κ2) is 7.39. The van der Waals surface area contributed by atoms with Crippen molar-refractivity contribution in [1.29, 1.82) is 0 Å². The largest absolute Gasteiger partial charge is 0.416 e. The molecule has 0 aromatic heterocycles. The van der Waals surface area contributed by atoms with Crippen molar-refractivity contribution in [3.05, 3.63) is 71.3 Å². The Balaban J connectivity index is 1.64. The zero-order valence-electron chi connectivity index (χ0n) is 14.3. The summed E-state index contributed by atoms with van der Waals surface area (Å²) in [5.41, 5.74) is -0.887. The van der Waals surface area contributed by atoms with Gasteiger partial charge in [0.05, 0.1) is 17.3 Å². The van der Waals surface area contributed by atoms with E-state index in [1.54, 1.807) is 6.07 Å². The lowest BCUT2D eigenvalue weighted by molar-refractivity contribution is -0.137. The molecule has 0 spiro atoms. The van der Waals surface area contributed by atoms with Crippen LogP contribution < -0.4 is 0 Å². The zero-order chi connectivity index (χ0) is 18.8. The second-order valence-corrected chi connectivity index (χ2v) is 6.84. The van der Waals surface area contributed by atoms with Gasteiger partial charge in [-0.1, -0.05) is 42.5 Å². The Labute approximate surface area is 150 Å². The Bertz CT molecular complexity index is 725. The fourth-order valence-corrected chi connectivity index (χ4v) is 3.40. The van der Waals surface area contributed by atoms with Gasteiger partial charge in [-0.05, 0) is 36.1 Å². The van der Waals surface area contributed by atoms with Crippen LogP contribution in [0, 0.1) is 0 Å². The van der Waals surface area contributed by atoms with Crippen molar-refractivity contribution >= 4 is 0 Å². The normalized spacial score (nSPS) is 19.3. The van der Waals surface area contributed by atoms with Gasteiger partial charge in [0.2, 0.25) is 0 Å². The van der Waals surface area contributed by atoms with Crippen LogP contribution in [0.25, 0.3) is 0 Å². The van der Waals surface area contributed by atoms with Gasteiger partial charge in [-0.2, -0.15) is 13.2 Å². The van der Waals surface area contributed by atoms with Crippen LogP contribution in [0.3, 0.4) is 0 Å². The molecular weight excluding hydrogens is 343 g/mol. The summed E-state index contributed by atoms with van der Waals surface area (Å²) in [5.74, 6) is 0. The first kappa shape index (κ1) is 18.9. The summed E-state index contributed by atoms with van der Waals surface area (Å²) in [5, 5.41) is 21.2. The van der Waals surface area contributed by atoms with Gasteiger partial charge < -0.3 is 15.1 Å². The van der Waals surface area contributed by atoms with E-state index in [1.165, 1.54) is 6.07 Å². The number of aliphatic hydroxyl groups is 2. The van der Waals surface area contributed by atoms with E-state index in [4.69, 9.17) is 0 Å². The SMILES string of the molecule is O[C@@H](CN1CCC(O)(c2cccc(C(F)(F)F)c2)CC1)c1ccccc1. The van der Waals surface area contributed by atoms with Crippen molar-refractivity contribution in [1.82, 2.24) is 4.90 Å². The van der Waals surface area contributed by atoms with Crippen LogP contribution in [0.15, 0.2) is 54.6 Å². The highest BCUT2D eigenvalue weighted by Crippen LogP contribution is 2.37. The molecule has 2 aromatic carbocycles. The van der Waals surface area contributed by atoms with Crippen LogP contribution in [0.5, 0.6) is 0 Å². The molecule has 1 aliphatic rings. The number of β-amino-alcohol motifs (C(OH)–C–C–N with tert-alkyl or cyclic N) is 1. The number of rotatable bonds is 4. The first-order valence-electron chi connectivity index (χ1n) is 8.63. The molecular formula is C20H22F3NO2. The Morgan fingerprint density at radius 2 is 1.65 bits per heavy atom. The summed E-state index contributed by atoms with van der Waals surface area (Å²) in [6.45, 7) is 1.45. The minimum atomic E-state index is -4.42. The summed E-state index contributed by atoms with van der Waals surface area (Å²) in [4.78, 5) is 2.03. The molecule has 3 nitrogen and oxygen atoms in total. The maximum Gasteiger partial charge on any atom is 0.416 e. The quantitative estimate of drug-likeness (QED) is 0.868. The Morgan fingerprint density at radius 3 is 2.27 bits per heavy atom. The number of hydrogen-bond acceptors (Lipinski definition) is 3. The van der Waals surface area contributed by atoms with Gasteiger partial charge in [0, 0.05) is 19.6 Å². The number of piperidine rings is 1. The molecule has 1 atom stereocenters. The highest BCUT2D eigenvalue weighted by atomic mass is 19.4. The number of alkyl halides is 3. The van der Waals surface area contributed by atoms with E-state index < -0.39 is 23.4 Å². The highest BCUT2D eigenvalue weighted by molar-refractivity contribution is 5.30. The van der Waals surface area contributed by atoms with Crippen LogP contribution in [0.2, 0.25) is 0 Å². The molecule has 6 heteroatoms. The molecule has 0 bridgehead atoms. The molecule has 1 aliphatic heterocycles. The lowest BCUT2D eigenvalue weighted by Gasteiger charge is -2.39. The molecule has 0 aliphatic carbocycles. The molecule has 2 aromatic rings. The molecule has 0 radical (unpaired) electrons. The predicted octanol–water partition coefficient (Wildman–Crippen LogP) is 3.72. The topological polar surface area (TPSA) is 43.7 Å². The standard InChI is InChI=1S/C20H22F3NO2/c21-20(22,23)17-8-4-7-16(13-17)19(26)9-11-24(12-10-19)14-18(25)15-5-2-1-3-6-15/h1-8,13,18,25-26H,9-12,14H2/t18-/m0/s1. The van der Waals surface area contributed by atoms with Gasteiger partial charge in [0.15, 0.2) is 0 Å². The van der Waals surface area contributed by atoms with E-state index in [0.29, 0.717) is 38.0 Å². The average molecular weight is 365 g/mol. The first-order chi connectivity index (χ1) is 12.3. The summed E-state index contributed by atoms with van der Waals surface area (Å²) in [6.07, 6.45) is -4.39. The maximum atomic E-state index is 12.9. The van der Waals surface area contributed by atoms with Crippen molar-refractivity contribution < 1.29 is 23.4 Å². The van der Waals surface area contributed by atoms with Gasteiger partial charge in [-0.3, -0.25) is 0 Å². The number of nitrogens with zero attached hydrogens (tertiary/aromatic N) is 1. The van der Waals surface area contributed by atoms with Gasteiger partial charge >= 0.3 is 6.18 Å². The molecule has 1 fully saturated rings. The number of aliphatic hydroxyl groups excluding tert-OH is 1. The molecule has 1 saturated heterocycles. The second-order valence-electron chi connectivity index (χ2n) is 6.84. The van der Waals surface area contributed by atoms with Gasteiger partial charge in [-0.25, -0.2) is 0 Å². The van der Waals surface area contributed by atoms with Crippen LogP contribution >= 0.6 is 0 Å². The van der Waals surface area contributed by atoms with E-state index in [2.05, 4.69) is 0 Å². The van der Waals surface area contributed by atoms with E-state index in [0.717, 1.165) is 17.7 Å². The van der Waals surface area contributed by atoms with Crippen LogP contribution in [-0.4, -0.2) is 34.7 Å². The number of likely N-dealkylation sites (tertiary alicyclic amines) is 1. The predicted molar refractivity (Wildman–Crippen MR) is 92.4 cm³/mol. The highest BCUT2D eigenvalue weighted by Gasteiger charge is 2.37. The molecule has 0 amide bonds. The monoisotopic (exact) mass is 365 g/mol. The van der Waals surface area contributed by atoms with Gasteiger partial charge in [0.1, 0.15) is 0 Å². The van der Waals surface area contributed by atoms with Crippen LogP contribution in [0.1, 0.15) is 35.6 Å². The van der Waals surface area contributed by atoms with Crippen molar-refractivity contribution in [2.45, 2.75) is 30.7 Å². The fourth-order valence-electron chi connectivity index (χ4n) is 3.40. The number of halogens is 3. The van der Waals surface area contributed by atoms with E-state index >= 15 is 0 Å². The van der Waals surface area contributed by atoms with Crippen molar-refractivity contribution in [2.75, 3.05) is 19.6 Å². The molecule has 2 N–H and O–H groups in total. The van der Waals surface area contributed by atoms with E-state index in [-0.39, 0.29) is 0 Å². The summed E-state index contributed by atoms with van der Waals surface area (Å²) in [6, 6.07) is 14.2. The van der Waals surface area contributed by atoms with Crippen LogP contribution in [0.4, 0.5) is 13.2 Å². The average Bonchev–Trinajstić information content (AvgIpc) is 2.64. The molecule has 140 valence electrons. The van der Waals surface area contributed by atoms with Crippen LogP contribution in [-0.2, 0) is 11.8 Å². The Morgan fingerprint density at radius 1 is 1.00 bits per heavy atom. The minimum absolute atomic E-state index is 0.301. The zero-order valence-corrected chi connectivity index (χ0v) is 14.3. The lowest BCUT2D eigenvalue weighted by Crippen LogP contribution is -2.44. The summed E-state index contributed by atoms with van der Waals surface area (Å²) in [7, 11) is 0. The maximum absolute atomic E-state index is 12.9. The Hall–Kier alpha value is -1.89. The van der Waals surface area contributed by atoms with Gasteiger partial charge in [0.25, 0.3) is 0 Å². The minimum Gasteiger partial charge on any atom is -0.387 e. The summed E-state index contributed by atoms with van der Waals surface area (Å²) < 4.78 is 38.7. The molecule has 1 heterocycles. The molecule has 0 unspecified atom stereocenters. The lowest BCUT2D eigenvalue weighted by atomic mass is 9.83. The first-order valence-corrected chi connectivity index (χ1v) is 8.63.